The van der Waals surface area contributed by atoms with Crippen LogP contribution in [-0.4, -0.2) is 19.7 Å². The van der Waals surface area contributed by atoms with E-state index in [9.17, 15) is 8.78 Å². The zero-order valence-corrected chi connectivity index (χ0v) is 9.66. The lowest BCUT2D eigenvalue weighted by molar-refractivity contribution is -0.0498. The second-order valence-electron chi connectivity index (χ2n) is 4.44. The van der Waals surface area contributed by atoms with E-state index in [-0.39, 0.29) is 5.75 Å². The van der Waals surface area contributed by atoms with Crippen LogP contribution < -0.4 is 10.1 Å². The molecule has 1 aromatic rings. The lowest BCUT2D eigenvalue weighted by Crippen LogP contribution is -2.30. The summed E-state index contributed by atoms with van der Waals surface area (Å²) in [6.45, 7) is -0.587. The molecular weight excluding hydrogens is 224 g/mol. The maximum Gasteiger partial charge on any atom is 0.387 e. The molecule has 1 aliphatic rings. The Hall–Kier alpha value is -1.16. The minimum atomic E-state index is -2.75. The van der Waals surface area contributed by atoms with Gasteiger partial charge in [0.1, 0.15) is 5.75 Å². The average Bonchev–Trinajstić information content (AvgIpc) is 2.32. The van der Waals surface area contributed by atoms with E-state index in [1.807, 2.05) is 12.1 Å². The van der Waals surface area contributed by atoms with Gasteiger partial charge in [-0.05, 0) is 56.0 Å². The number of piperidine rings is 1. The van der Waals surface area contributed by atoms with Crippen molar-refractivity contribution >= 4 is 0 Å². The molecule has 1 fully saturated rings. The van der Waals surface area contributed by atoms with Crippen molar-refractivity contribution in [2.75, 3.05) is 13.1 Å². The number of benzene rings is 1. The van der Waals surface area contributed by atoms with Crippen LogP contribution in [0.1, 0.15) is 18.4 Å². The molecule has 94 valence electrons. The fourth-order valence-corrected chi connectivity index (χ4v) is 2.24. The van der Waals surface area contributed by atoms with Gasteiger partial charge in [0.2, 0.25) is 0 Å². The first kappa shape index (κ1) is 12.3. The molecule has 0 aromatic heterocycles. The van der Waals surface area contributed by atoms with E-state index in [1.54, 1.807) is 12.1 Å². The van der Waals surface area contributed by atoms with Gasteiger partial charge in [0, 0.05) is 0 Å². The smallest absolute Gasteiger partial charge is 0.387 e. The van der Waals surface area contributed by atoms with Crippen LogP contribution in [0, 0.1) is 5.92 Å². The highest BCUT2D eigenvalue weighted by Gasteiger charge is 2.13. The van der Waals surface area contributed by atoms with Crippen LogP contribution in [0.15, 0.2) is 24.3 Å². The third-order valence-corrected chi connectivity index (χ3v) is 3.07. The number of hydrogen-bond acceptors (Lipinski definition) is 2. The minimum absolute atomic E-state index is 0.227. The van der Waals surface area contributed by atoms with E-state index < -0.39 is 6.61 Å². The van der Waals surface area contributed by atoms with Crippen molar-refractivity contribution in [2.24, 2.45) is 5.92 Å². The fraction of sp³-hybridized carbons (Fsp3) is 0.538. The van der Waals surface area contributed by atoms with Crippen LogP contribution in [0.3, 0.4) is 0 Å². The first-order valence-corrected chi connectivity index (χ1v) is 5.98. The third kappa shape index (κ3) is 3.97. The van der Waals surface area contributed by atoms with Gasteiger partial charge in [-0.1, -0.05) is 12.1 Å². The molecular formula is C13H17F2NO. The molecule has 2 rings (SSSR count). The summed E-state index contributed by atoms with van der Waals surface area (Å²) in [5, 5.41) is 3.37. The molecule has 0 radical (unpaired) electrons. The van der Waals surface area contributed by atoms with Crippen LogP contribution in [-0.2, 0) is 6.42 Å². The second-order valence-corrected chi connectivity index (χ2v) is 4.44. The Labute approximate surface area is 100.0 Å². The molecule has 0 spiro atoms. The van der Waals surface area contributed by atoms with Crippen molar-refractivity contribution in [1.29, 1.82) is 0 Å². The lowest BCUT2D eigenvalue weighted by atomic mass is 9.92. The standard InChI is InChI=1S/C13H17F2NO/c14-13(15)17-12-5-3-10(4-6-12)8-11-2-1-7-16-9-11/h3-6,11,13,16H,1-2,7-9H2. The van der Waals surface area contributed by atoms with Crippen molar-refractivity contribution in [3.8, 4) is 5.75 Å². The Morgan fingerprint density at radius 3 is 2.65 bits per heavy atom. The van der Waals surface area contributed by atoms with Crippen LogP contribution in [0.25, 0.3) is 0 Å². The SMILES string of the molecule is FC(F)Oc1ccc(CC2CCCNC2)cc1. The maximum absolute atomic E-state index is 12.0. The second kappa shape index (κ2) is 5.96. The van der Waals surface area contributed by atoms with Crippen LogP contribution in [0.4, 0.5) is 8.78 Å². The molecule has 0 amide bonds. The van der Waals surface area contributed by atoms with Crippen molar-refractivity contribution in [3.05, 3.63) is 29.8 Å². The van der Waals surface area contributed by atoms with E-state index in [2.05, 4.69) is 10.1 Å². The number of nitrogens with one attached hydrogen (secondary N) is 1. The quantitative estimate of drug-likeness (QED) is 0.875. The minimum Gasteiger partial charge on any atom is -0.435 e. The summed E-state index contributed by atoms with van der Waals surface area (Å²) in [5.74, 6) is 0.885. The monoisotopic (exact) mass is 241 g/mol. The average molecular weight is 241 g/mol. The highest BCUT2D eigenvalue weighted by molar-refractivity contribution is 5.27. The Morgan fingerprint density at radius 1 is 1.29 bits per heavy atom. The van der Waals surface area contributed by atoms with Crippen molar-refractivity contribution < 1.29 is 13.5 Å². The molecule has 1 aliphatic heterocycles. The van der Waals surface area contributed by atoms with Crippen molar-refractivity contribution in [2.45, 2.75) is 25.9 Å². The van der Waals surface area contributed by atoms with E-state index >= 15 is 0 Å². The van der Waals surface area contributed by atoms with Gasteiger partial charge in [-0.2, -0.15) is 8.78 Å². The Bertz CT molecular complexity index is 334. The Morgan fingerprint density at radius 2 is 2.06 bits per heavy atom. The largest absolute Gasteiger partial charge is 0.435 e. The number of alkyl halides is 2. The maximum atomic E-state index is 12.0. The van der Waals surface area contributed by atoms with Crippen LogP contribution >= 0.6 is 0 Å². The fourth-order valence-electron chi connectivity index (χ4n) is 2.24. The van der Waals surface area contributed by atoms with Gasteiger partial charge < -0.3 is 10.1 Å². The molecule has 17 heavy (non-hydrogen) atoms. The summed E-state index contributed by atoms with van der Waals surface area (Å²) in [6.07, 6.45) is 3.46. The van der Waals surface area contributed by atoms with Gasteiger partial charge in [0.15, 0.2) is 0 Å². The summed E-state index contributed by atoms with van der Waals surface area (Å²) >= 11 is 0. The summed E-state index contributed by atoms with van der Waals surface area (Å²) in [5.41, 5.74) is 1.18. The van der Waals surface area contributed by atoms with Gasteiger partial charge in [-0.25, -0.2) is 0 Å². The third-order valence-electron chi connectivity index (χ3n) is 3.07. The van der Waals surface area contributed by atoms with Crippen molar-refractivity contribution in [3.63, 3.8) is 0 Å². The Kier molecular flexibility index (Phi) is 4.31. The molecule has 1 unspecified atom stereocenters. The number of halogens is 2. The first-order chi connectivity index (χ1) is 8.24. The van der Waals surface area contributed by atoms with E-state index in [4.69, 9.17) is 0 Å². The van der Waals surface area contributed by atoms with Crippen molar-refractivity contribution in [1.82, 2.24) is 5.32 Å². The summed E-state index contributed by atoms with van der Waals surface area (Å²) in [6, 6.07) is 6.95. The molecule has 1 aromatic carbocycles. The normalized spacial score (nSPS) is 20.5. The highest BCUT2D eigenvalue weighted by atomic mass is 19.3. The zero-order chi connectivity index (χ0) is 12.1. The first-order valence-electron chi connectivity index (χ1n) is 5.98. The van der Waals surface area contributed by atoms with E-state index in [0.717, 1.165) is 19.5 Å². The Balaban J connectivity index is 1.88. The molecule has 0 bridgehead atoms. The predicted octanol–water partition coefficient (Wildman–Crippen LogP) is 2.83. The number of ether oxygens (including phenoxy) is 1. The molecule has 1 heterocycles. The van der Waals surface area contributed by atoms with Gasteiger partial charge in [-0.3, -0.25) is 0 Å². The van der Waals surface area contributed by atoms with Gasteiger partial charge >= 0.3 is 6.61 Å². The topological polar surface area (TPSA) is 21.3 Å². The van der Waals surface area contributed by atoms with Crippen LogP contribution in [0.5, 0.6) is 5.75 Å². The number of rotatable bonds is 4. The predicted molar refractivity (Wildman–Crippen MR) is 62.4 cm³/mol. The van der Waals surface area contributed by atoms with Gasteiger partial charge in [0.25, 0.3) is 0 Å². The summed E-state index contributed by atoms with van der Waals surface area (Å²) in [7, 11) is 0. The molecule has 2 nitrogen and oxygen atoms in total. The molecule has 0 aliphatic carbocycles. The molecule has 1 N–H and O–H groups in total. The molecule has 0 saturated carbocycles. The van der Waals surface area contributed by atoms with Gasteiger partial charge in [-0.15, -0.1) is 0 Å². The van der Waals surface area contributed by atoms with E-state index in [1.165, 1.54) is 18.4 Å². The number of hydrogen-bond donors (Lipinski definition) is 1. The molecule has 1 atom stereocenters. The van der Waals surface area contributed by atoms with Crippen LogP contribution in [0.2, 0.25) is 0 Å². The van der Waals surface area contributed by atoms with Gasteiger partial charge in [0.05, 0.1) is 0 Å². The summed E-state index contributed by atoms with van der Waals surface area (Å²) < 4.78 is 28.2. The molecule has 1 saturated heterocycles. The highest BCUT2D eigenvalue weighted by Crippen LogP contribution is 2.19. The zero-order valence-electron chi connectivity index (χ0n) is 9.66. The van der Waals surface area contributed by atoms with E-state index in [0.29, 0.717) is 5.92 Å². The summed E-state index contributed by atoms with van der Waals surface area (Å²) in [4.78, 5) is 0. The lowest BCUT2D eigenvalue weighted by Gasteiger charge is -2.22. The molecule has 4 heteroatoms.